The monoisotopic (exact) mass is 450 g/mol. The van der Waals surface area contributed by atoms with E-state index in [9.17, 15) is 0 Å². The van der Waals surface area contributed by atoms with Crippen LogP contribution in [0, 0.1) is 6.92 Å². The van der Waals surface area contributed by atoms with E-state index in [0.29, 0.717) is 33.4 Å². The molecule has 0 spiro atoms. The second kappa shape index (κ2) is 8.83. The highest BCUT2D eigenvalue weighted by molar-refractivity contribution is 6.33. The lowest BCUT2D eigenvalue weighted by Crippen LogP contribution is -2.52. The van der Waals surface area contributed by atoms with Crippen LogP contribution in [0.4, 0.5) is 5.69 Å². The third kappa shape index (κ3) is 4.12. The minimum Gasteiger partial charge on any atom is -0.495 e. The van der Waals surface area contributed by atoms with Crippen molar-refractivity contribution in [1.82, 2.24) is 24.8 Å². The van der Waals surface area contributed by atoms with Gasteiger partial charge in [-0.2, -0.15) is 10.1 Å². The SMILES string of the molecule is COc1cc(N2CCN(CCn3nc(-c4ncon4)c(Cl)c3C)C(C)C2)ccc1Cl. The van der Waals surface area contributed by atoms with E-state index in [4.69, 9.17) is 32.5 Å². The predicted molar refractivity (Wildman–Crippen MR) is 117 cm³/mol. The first kappa shape index (κ1) is 21.0. The average molecular weight is 451 g/mol. The first-order valence-corrected chi connectivity index (χ1v) is 10.6. The smallest absolute Gasteiger partial charge is 0.224 e. The van der Waals surface area contributed by atoms with Crippen molar-refractivity contribution in [2.75, 3.05) is 38.2 Å². The molecular weight excluding hydrogens is 427 g/mol. The summed E-state index contributed by atoms with van der Waals surface area (Å²) in [6.07, 6.45) is 1.28. The second-order valence-electron chi connectivity index (χ2n) is 7.38. The van der Waals surface area contributed by atoms with Crippen LogP contribution in [0.15, 0.2) is 29.1 Å². The largest absolute Gasteiger partial charge is 0.495 e. The Morgan fingerprint density at radius 3 is 2.77 bits per heavy atom. The maximum absolute atomic E-state index is 6.43. The molecule has 0 N–H and O–H groups in total. The number of rotatable bonds is 6. The van der Waals surface area contributed by atoms with Gasteiger partial charge in [-0.05, 0) is 26.0 Å². The zero-order valence-corrected chi connectivity index (χ0v) is 18.7. The molecule has 1 aromatic carbocycles. The minimum atomic E-state index is 0.392. The number of benzene rings is 1. The lowest BCUT2D eigenvalue weighted by molar-refractivity contribution is 0.180. The standard InChI is InChI=1S/C20H24Cl2N6O2/c1-13-11-27(15-4-5-16(21)17(10-15)29-3)7-6-26(13)8-9-28-14(2)18(22)19(24-28)20-23-12-30-25-20/h4-5,10,12-13H,6-9,11H2,1-3H3. The number of aromatic nitrogens is 4. The van der Waals surface area contributed by atoms with Crippen LogP contribution in [0.25, 0.3) is 11.5 Å². The Labute approximate surface area is 185 Å². The second-order valence-corrected chi connectivity index (χ2v) is 8.16. The summed E-state index contributed by atoms with van der Waals surface area (Å²) in [7, 11) is 1.64. The summed E-state index contributed by atoms with van der Waals surface area (Å²) < 4.78 is 12.1. The summed E-state index contributed by atoms with van der Waals surface area (Å²) in [5, 5.41) is 9.61. The first-order chi connectivity index (χ1) is 14.5. The van der Waals surface area contributed by atoms with E-state index in [-0.39, 0.29) is 0 Å². The Balaban J connectivity index is 1.39. The van der Waals surface area contributed by atoms with Gasteiger partial charge < -0.3 is 14.2 Å². The van der Waals surface area contributed by atoms with Crippen molar-refractivity contribution in [3.63, 3.8) is 0 Å². The van der Waals surface area contributed by atoms with Crippen LogP contribution in [-0.4, -0.2) is 64.2 Å². The number of nitrogens with zero attached hydrogens (tertiary/aromatic N) is 6. The van der Waals surface area contributed by atoms with Gasteiger partial charge in [-0.1, -0.05) is 28.4 Å². The first-order valence-electron chi connectivity index (χ1n) is 9.80. The number of hydrogen-bond acceptors (Lipinski definition) is 7. The summed E-state index contributed by atoms with van der Waals surface area (Å²) in [6, 6.07) is 6.32. The van der Waals surface area contributed by atoms with Crippen molar-refractivity contribution in [2.24, 2.45) is 0 Å². The Bertz CT molecular complexity index is 1010. The van der Waals surface area contributed by atoms with E-state index < -0.39 is 0 Å². The van der Waals surface area contributed by atoms with Gasteiger partial charge in [0.25, 0.3) is 0 Å². The van der Waals surface area contributed by atoms with Crippen molar-refractivity contribution in [2.45, 2.75) is 26.4 Å². The molecule has 1 fully saturated rings. The van der Waals surface area contributed by atoms with Gasteiger partial charge in [0.15, 0.2) is 5.69 Å². The maximum atomic E-state index is 6.43. The van der Waals surface area contributed by atoms with Crippen LogP contribution in [0.2, 0.25) is 10.0 Å². The molecule has 2 aromatic heterocycles. The highest BCUT2D eigenvalue weighted by Gasteiger charge is 2.25. The van der Waals surface area contributed by atoms with Gasteiger partial charge in [0.05, 0.1) is 29.4 Å². The lowest BCUT2D eigenvalue weighted by Gasteiger charge is -2.41. The molecule has 10 heteroatoms. The van der Waals surface area contributed by atoms with Gasteiger partial charge in [0.1, 0.15) is 5.75 Å². The lowest BCUT2D eigenvalue weighted by atomic mass is 10.1. The summed E-state index contributed by atoms with van der Waals surface area (Å²) in [6.45, 7) is 8.63. The number of anilines is 1. The number of halogens is 2. The fourth-order valence-electron chi connectivity index (χ4n) is 3.79. The predicted octanol–water partition coefficient (Wildman–Crippen LogP) is 3.77. The van der Waals surface area contributed by atoms with Crippen LogP contribution in [0.5, 0.6) is 5.75 Å². The van der Waals surface area contributed by atoms with Gasteiger partial charge in [0, 0.05) is 44.0 Å². The Kier molecular flexibility index (Phi) is 6.17. The summed E-state index contributed by atoms with van der Waals surface area (Å²) in [5.74, 6) is 1.11. The zero-order valence-electron chi connectivity index (χ0n) is 17.2. The van der Waals surface area contributed by atoms with E-state index in [2.05, 4.69) is 32.0 Å². The van der Waals surface area contributed by atoms with Crippen molar-refractivity contribution >= 4 is 28.9 Å². The van der Waals surface area contributed by atoms with E-state index in [1.807, 2.05) is 29.8 Å². The summed E-state index contributed by atoms with van der Waals surface area (Å²) in [5.41, 5.74) is 2.58. The van der Waals surface area contributed by atoms with Crippen molar-refractivity contribution in [1.29, 1.82) is 0 Å². The van der Waals surface area contributed by atoms with E-state index >= 15 is 0 Å². The maximum Gasteiger partial charge on any atom is 0.224 e. The van der Waals surface area contributed by atoms with Crippen LogP contribution >= 0.6 is 23.2 Å². The van der Waals surface area contributed by atoms with E-state index in [0.717, 1.165) is 44.1 Å². The fraction of sp³-hybridized carbons (Fsp3) is 0.450. The number of ether oxygens (including phenoxy) is 1. The molecule has 0 saturated carbocycles. The zero-order chi connectivity index (χ0) is 21.3. The molecule has 0 bridgehead atoms. The highest BCUT2D eigenvalue weighted by Crippen LogP contribution is 2.31. The van der Waals surface area contributed by atoms with Crippen molar-refractivity contribution in [3.05, 3.63) is 40.3 Å². The molecule has 3 aromatic rings. The topological polar surface area (TPSA) is 72.5 Å². The molecule has 3 heterocycles. The van der Waals surface area contributed by atoms with Gasteiger partial charge in [-0.25, -0.2) is 0 Å². The molecule has 1 aliphatic rings. The van der Waals surface area contributed by atoms with E-state index in [1.54, 1.807) is 7.11 Å². The molecule has 1 aliphatic heterocycles. The molecule has 0 aliphatic carbocycles. The summed E-state index contributed by atoms with van der Waals surface area (Å²) >= 11 is 12.6. The molecule has 0 radical (unpaired) electrons. The summed E-state index contributed by atoms with van der Waals surface area (Å²) in [4.78, 5) is 8.88. The molecule has 8 nitrogen and oxygen atoms in total. The molecule has 160 valence electrons. The third-order valence-electron chi connectivity index (χ3n) is 5.57. The molecule has 1 atom stereocenters. The molecule has 4 rings (SSSR count). The molecule has 1 saturated heterocycles. The molecule has 1 unspecified atom stereocenters. The average Bonchev–Trinajstić information content (AvgIpc) is 3.37. The molecule has 30 heavy (non-hydrogen) atoms. The van der Waals surface area contributed by atoms with Gasteiger partial charge >= 0.3 is 0 Å². The van der Waals surface area contributed by atoms with Crippen LogP contribution in [-0.2, 0) is 6.54 Å². The van der Waals surface area contributed by atoms with Crippen LogP contribution in [0.3, 0.4) is 0 Å². The van der Waals surface area contributed by atoms with Gasteiger partial charge in [-0.3, -0.25) is 9.58 Å². The van der Waals surface area contributed by atoms with Crippen LogP contribution < -0.4 is 9.64 Å². The normalized spacial score (nSPS) is 17.5. The number of hydrogen-bond donors (Lipinski definition) is 0. The number of piperazine rings is 1. The quantitative estimate of drug-likeness (QED) is 0.565. The number of methoxy groups -OCH3 is 1. The fourth-order valence-corrected chi connectivity index (χ4v) is 4.20. The third-order valence-corrected chi connectivity index (χ3v) is 6.34. The Morgan fingerprint density at radius 2 is 2.07 bits per heavy atom. The van der Waals surface area contributed by atoms with Crippen molar-refractivity contribution < 1.29 is 9.26 Å². The minimum absolute atomic E-state index is 0.392. The van der Waals surface area contributed by atoms with Crippen LogP contribution in [0.1, 0.15) is 12.6 Å². The van der Waals surface area contributed by atoms with E-state index in [1.165, 1.54) is 6.39 Å². The highest BCUT2D eigenvalue weighted by atomic mass is 35.5. The van der Waals surface area contributed by atoms with Crippen molar-refractivity contribution in [3.8, 4) is 17.3 Å². The molecular formula is C20H24Cl2N6O2. The van der Waals surface area contributed by atoms with Gasteiger partial charge in [-0.15, -0.1) is 0 Å². The van der Waals surface area contributed by atoms with Gasteiger partial charge in [0.2, 0.25) is 12.2 Å². The Hall–Kier alpha value is -2.29. The Morgan fingerprint density at radius 1 is 1.23 bits per heavy atom. The molecule has 0 amide bonds.